The zero-order chi connectivity index (χ0) is 47.9. The SMILES string of the molecule is C=CC(=O)N1CCN(C(=O)N(C)C(C(=O)N[C@H]2Cc3nc(cs3)-c3ccc4c(c3)c(c(-c3cccnc3[C@H](C)OC)n4CC)CC(C)(C)COC(=O)[C@@H]3CCCN(N3)C2=O)C(C)C)CC12CC2. The summed E-state index contributed by atoms with van der Waals surface area (Å²) in [5.74, 6) is -1.82. The van der Waals surface area contributed by atoms with E-state index in [9.17, 15) is 24.0 Å². The quantitative estimate of drug-likeness (QED) is 0.147. The molecule has 3 aromatic heterocycles. The molecule has 8 rings (SSSR count). The number of thiazole rings is 1. The van der Waals surface area contributed by atoms with E-state index in [4.69, 9.17) is 19.4 Å². The number of benzene rings is 1. The molecular weight excluding hydrogens is 871 g/mol. The fraction of sp³-hybridized carbons (Fsp3) is 0.540. The molecule has 1 aliphatic carbocycles. The Morgan fingerprint density at radius 2 is 1.91 bits per heavy atom. The molecule has 0 radical (unpaired) electrons. The van der Waals surface area contributed by atoms with E-state index in [1.165, 1.54) is 27.3 Å². The molecule has 5 amide bonds. The highest BCUT2D eigenvalue weighted by molar-refractivity contribution is 7.10. The minimum Gasteiger partial charge on any atom is -0.464 e. The number of cyclic esters (lactones) is 1. The van der Waals surface area contributed by atoms with Crippen molar-refractivity contribution in [2.24, 2.45) is 11.3 Å². The van der Waals surface area contributed by atoms with Gasteiger partial charge in [-0.2, -0.15) is 0 Å². The smallest absolute Gasteiger partial charge is 0.324 e. The van der Waals surface area contributed by atoms with E-state index < -0.39 is 46.9 Å². The van der Waals surface area contributed by atoms with Crippen molar-refractivity contribution in [3.63, 3.8) is 0 Å². The molecule has 67 heavy (non-hydrogen) atoms. The molecule has 16 nitrogen and oxygen atoms in total. The Balaban J connectivity index is 1.14. The van der Waals surface area contributed by atoms with Gasteiger partial charge in [-0.05, 0) is 87.8 Å². The summed E-state index contributed by atoms with van der Waals surface area (Å²) in [4.78, 5) is 84.9. The lowest BCUT2D eigenvalue weighted by molar-refractivity contribution is -0.155. The average molecular weight is 936 g/mol. The number of hydrogen-bond donors (Lipinski definition) is 2. The first-order chi connectivity index (χ1) is 32.0. The van der Waals surface area contributed by atoms with E-state index in [1.807, 2.05) is 37.1 Å². The second kappa shape index (κ2) is 19.2. The number of amides is 5. The number of pyridine rings is 1. The van der Waals surface area contributed by atoms with Gasteiger partial charge in [0.25, 0.3) is 5.91 Å². The first kappa shape index (κ1) is 47.8. The Labute approximate surface area is 397 Å². The van der Waals surface area contributed by atoms with E-state index in [-0.39, 0.29) is 37.0 Å². The van der Waals surface area contributed by atoms with Crippen LogP contribution in [0.1, 0.15) is 89.6 Å². The third kappa shape index (κ3) is 9.46. The van der Waals surface area contributed by atoms with Crippen molar-refractivity contribution in [3.8, 4) is 22.5 Å². The fourth-order valence-corrected chi connectivity index (χ4v) is 11.1. The molecule has 6 heterocycles. The van der Waals surface area contributed by atoms with Gasteiger partial charge in [0.05, 0.1) is 40.3 Å². The Hall–Kier alpha value is -5.65. The van der Waals surface area contributed by atoms with Crippen molar-refractivity contribution in [3.05, 3.63) is 70.8 Å². The highest BCUT2D eigenvalue weighted by Gasteiger charge is 2.54. The van der Waals surface area contributed by atoms with Gasteiger partial charge in [0.2, 0.25) is 11.8 Å². The van der Waals surface area contributed by atoms with Gasteiger partial charge in [0, 0.05) is 92.3 Å². The van der Waals surface area contributed by atoms with E-state index in [0.29, 0.717) is 57.0 Å². The van der Waals surface area contributed by atoms with Crippen LogP contribution >= 0.6 is 11.3 Å². The lowest BCUT2D eigenvalue weighted by Gasteiger charge is -2.44. The van der Waals surface area contributed by atoms with Crippen LogP contribution in [0.2, 0.25) is 0 Å². The predicted molar refractivity (Wildman–Crippen MR) is 257 cm³/mol. The minimum atomic E-state index is -1.09. The Kier molecular flexibility index (Phi) is 13.7. The molecule has 4 aliphatic rings. The van der Waals surface area contributed by atoms with Crippen LogP contribution < -0.4 is 10.7 Å². The summed E-state index contributed by atoms with van der Waals surface area (Å²) < 4.78 is 14.3. The van der Waals surface area contributed by atoms with Gasteiger partial charge in [-0.15, -0.1) is 11.3 Å². The third-order valence-electron chi connectivity index (χ3n) is 14.0. The van der Waals surface area contributed by atoms with Crippen molar-refractivity contribution < 1.29 is 33.4 Å². The first-order valence-corrected chi connectivity index (χ1v) is 24.5. The van der Waals surface area contributed by atoms with Crippen LogP contribution in [-0.4, -0.2) is 135 Å². The maximum atomic E-state index is 14.7. The Morgan fingerprint density at radius 1 is 1.13 bits per heavy atom. The Morgan fingerprint density at radius 3 is 2.61 bits per heavy atom. The number of aryl methyl sites for hydroxylation is 1. The van der Waals surface area contributed by atoms with Crippen LogP contribution in [0.25, 0.3) is 33.4 Å². The number of carbonyl (C=O) groups excluding carboxylic acids is 5. The number of carbonyl (C=O) groups is 5. The molecule has 3 fully saturated rings. The van der Waals surface area contributed by atoms with E-state index in [0.717, 1.165) is 57.5 Å². The number of rotatable bonds is 9. The molecule has 2 saturated heterocycles. The van der Waals surface area contributed by atoms with Crippen molar-refractivity contribution in [2.45, 2.75) is 116 Å². The summed E-state index contributed by atoms with van der Waals surface area (Å²) in [6, 6.07) is 7.30. The zero-order valence-electron chi connectivity index (χ0n) is 40.1. The lowest BCUT2D eigenvalue weighted by atomic mass is 9.84. The number of likely N-dealkylation sites (N-methyl/N-ethyl adjacent to an activating group) is 1. The molecule has 4 aromatic rings. The van der Waals surface area contributed by atoms with Crippen LogP contribution in [0.5, 0.6) is 0 Å². The van der Waals surface area contributed by atoms with Crippen LogP contribution in [0, 0.1) is 11.3 Å². The number of nitrogens with zero attached hydrogens (tertiary/aromatic N) is 7. The predicted octanol–water partition coefficient (Wildman–Crippen LogP) is 6.14. The highest BCUT2D eigenvalue weighted by Crippen LogP contribution is 2.45. The standard InChI is InChI=1S/C50H65N9O7S/c1-10-41(60)58-23-22-56(28-50(58)18-19-50)48(64)55(8)43(30(3)4)45(61)53-37-25-40-52-38(27-67-40)32-16-17-39-34(24-32)35(44(57(39)11-2)33-14-12-20-51-42(33)31(5)65-9)26-49(6,7)29-66-47(63)36-15-13-21-59(54-36)46(37)62/h10,12,14,16-17,20,24,27,30-31,36-37,43,54H,1,11,13,15,18-19,21-23,25-26,28-29H2,2-9H3,(H,53,61)/t31-,36-,37-,43?/m0/s1. The molecule has 1 aromatic carbocycles. The summed E-state index contributed by atoms with van der Waals surface area (Å²) in [5, 5.41) is 8.14. The molecular formula is C50H65N9O7S. The third-order valence-corrected chi connectivity index (χ3v) is 14.8. The molecule has 1 spiro atoms. The maximum Gasteiger partial charge on any atom is 0.324 e. The minimum absolute atomic E-state index is 0.0757. The van der Waals surface area contributed by atoms with Gasteiger partial charge in [0.15, 0.2) is 0 Å². The van der Waals surface area contributed by atoms with Gasteiger partial charge in [-0.25, -0.2) is 15.2 Å². The summed E-state index contributed by atoms with van der Waals surface area (Å²) in [7, 11) is 3.30. The van der Waals surface area contributed by atoms with Gasteiger partial charge < -0.3 is 34.1 Å². The number of aromatic nitrogens is 3. The molecule has 2 N–H and O–H groups in total. The number of fused-ring (bicyclic) bond motifs is 6. The van der Waals surface area contributed by atoms with E-state index in [2.05, 4.69) is 66.9 Å². The van der Waals surface area contributed by atoms with Crippen molar-refractivity contribution in [1.82, 2.24) is 45.0 Å². The zero-order valence-corrected chi connectivity index (χ0v) is 40.9. The molecule has 1 unspecified atom stereocenters. The van der Waals surface area contributed by atoms with Crippen LogP contribution in [0.3, 0.4) is 0 Å². The van der Waals surface area contributed by atoms with Gasteiger partial charge in [-0.1, -0.05) is 40.3 Å². The molecule has 4 atom stereocenters. The van der Waals surface area contributed by atoms with E-state index in [1.54, 1.807) is 25.3 Å². The van der Waals surface area contributed by atoms with Gasteiger partial charge >= 0.3 is 12.0 Å². The van der Waals surface area contributed by atoms with E-state index >= 15 is 0 Å². The largest absolute Gasteiger partial charge is 0.464 e. The van der Waals surface area contributed by atoms with Crippen molar-refractivity contribution >= 4 is 52.0 Å². The lowest BCUT2D eigenvalue weighted by Crippen LogP contribution is -2.64. The maximum absolute atomic E-state index is 14.7. The fourth-order valence-electron chi connectivity index (χ4n) is 10.3. The molecule has 3 aliphatic heterocycles. The number of hydrazine groups is 1. The molecule has 358 valence electrons. The summed E-state index contributed by atoms with van der Waals surface area (Å²) >= 11 is 1.41. The van der Waals surface area contributed by atoms with Crippen LogP contribution in [0.4, 0.5) is 4.79 Å². The summed E-state index contributed by atoms with van der Waals surface area (Å²) in [6.45, 7) is 17.9. The number of nitrogens with one attached hydrogen (secondary N) is 2. The number of piperazine rings is 1. The number of methoxy groups -OCH3 is 1. The Bertz CT molecular complexity index is 2560. The van der Waals surface area contributed by atoms with Crippen molar-refractivity contribution in [1.29, 1.82) is 0 Å². The normalized spacial score (nSPS) is 21.4. The molecule has 17 heteroatoms. The summed E-state index contributed by atoms with van der Waals surface area (Å²) in [5.41, 5.74) is 8.86. The molecule has 6 bridgehead atoms. The number of urea groups is 1. The average Bonchev–Trinajstić information content (AvgIpc) is 3.79. The van der Waals surface area contributed by atoms with Crippen LogP contribution in [-0.2, 0) is 48.0 Å². The topological polar surface area (TPSA) is 172 Å². The second-order valence-corrected chi connectivity index (χ2v) is 20.6. The second-order valence-electron chi connectivity index (χ2n) is 19.7. The first-order valence-electron chi connectivity index (χ1n) is 23.6. The number of ether oxygens (including phenoxy) is 2. The summed E-state index contributed by atoms with van der Waals surface area (Å²) in [6.07, 6.45) is 6.09. The highest BCUT2D eigenvalue weighted by atomic mass is 32.1. The number of hydrogen-bond acceptors (Lipinski definition) is 11. The number of esters is 1. The van der Waals surface area contributed by atoms with Crippen molar-refractivity contribution in [2.75, 3.05) is 46.9 Å². The van der Waals surface area contributed by atoms with Gasteiger partial charge in [0.1, 0.15) is 18.1 Å². The van der Waals surface area contributed by atoms with Crippen LogP contribution in [0.15, 0.2) is 54.6 Å². The monoisotopic (exact) mass is 935 g/mol. The molecule has 1 saturated carbocycles. The van der Waals surface area contributed by atoms with Gasteiger partial charge in [-0.3, -0.25) is 29.2 Å².